The van der Waals surface area contributed by atoms with E-state index in [1.165, 1.54) is 0 Å². The van der Waals surface area contributed by atoms with Gasteiger partial charge in [-0.2, -0.15) is 0 Å². The van der Waals surface area contributed by atoms with Crippen molar-refractivity contribution in [2.24, 2.45) is 17.6 Å². The number of piperidine rings is 1. The Kier molecular flexibility index (Phi) is 4.03. The van der Waals surface area contributed by atoms with Gasteiger partial charge in [0.15, 0.2) is 28.8 Å². The zero-order valence-corrected chi connectivity index (χ0v) is 15.7. The zero-order valence-electron chi connectivity index (χ0n) is 15.7. The first-order valence-corrected chi connectivity index (χ1v) is 9.35. The fourth-order valence-electron chi connectivity index (χ4n) is 4.23. The van der Waals surface area contributed by atoms with Crippen molar-refractivity contribution in [2.45, 2.75) is 6.04 Å². The van der Waals surface area contributed by atoms with E-state index in [0.717, 1.165) is 22.9 Å². The number of carbonyl (C=O) groups is 1. The minimum absolute atomic E-state index is 0.0485. The third-order valence-electron chi connectivity index (χ3n) is 5.98. The summed E-state index contributed by atoms with van der Waals surface area (Å²) in [6, 6.07) is 2.05. The number of aromatic carboxylic acids is 1. The average molecular weight is 432 g/mol. The number of nitrogens with two attached hydrogens (primary N) is 1. The fourth-order valence-corrected chi connectivity index (χ4v) is 4.23. The molecule has 3 atom stereocenters. The first-order valence-electron chi connectivity index (χ1n) is 9.35. The van der Waals surface area contributed by atoms with Crippen molar-refractivity contribution in [2.75, 3.05) is 18.0 Å². The molecule has 2 aromatic heterocycles. The summed E-state index contributed by atoms with van der Waals surface area (Å²) < 4.78 is 43.8. The van der Waals surface area contributed by atoms with Gasteiger partial charge in [0.1, 0.15) is 11.4 Å². The minimum Gasteiger partial charge on any atom is -0.505 e. The number of aromatic nitrogens is 2. The van der Waals surface area contributed by atoms with Crippen LogP contribution >= 0.6 is 0 Å². The van der Waals surface area contributed by atoms with Crippen molar-refractivity contribution >= 4 is 22.8 Å². The van der Waals surface area contributed by atoms with E-state index in [0.29, 0.717) is 19.2 Å². The van der Waals surface area contributed by atoms with E-state index in [-0.39, 0.29) is 29.3 Å². The van der Waals surface area contributed by atoms with E-state index < -0.39 is 51.2 Å². The van der Waals surface area contributed by atoms with Crippen LogP contribution in [0.2, 0.25) is 0 Å². The molecule has 0 radical (unpaired) electrons. The summed E-state index contributed by atoms with van der Waals surface area (Å²) in [7, 11) is 0. The van der Waals surface area contributed by atoms with E-state index in [2.05, 4.69) is 4.98 Å². The normalized spacial score (nSPS) is 22.1. The number of halogens is 3. The molecule has 4 N–H and O–H groups in total. The lowest BCUT2D eigenvalue weighted by atomic mass is 10.1. The molecule has 2 aliphatic rings. The molecule has 160 valence electrons. The van der Waals surface area contributed by atoms with Crippen LogP contribution in [-0.4, -0.2) is 44.9 Å². The highest BCUT2D eigenvalue weighted by Crippen LogP contribution is 2.45. The molecule has 0 spiro atoms. The highest BCUT2D eigenvalue weighted by molar-refractivity contribution is 5.92. The minimum atomic E-state index is -1.62. The van der Waals surface area contributed by atoms with Gasteiger partial charge in [-0.25, -0.2) is 22.9 Å². The van der Waals surface area contributed by atoms with Gasteiger partial charge in [-0.15, -0.1) is 0 Å². The molecule has 11 heteroatoms. The second kappa shape index (κ2) is 6.45. The van der Waals surface area contributed by atoms with Crippen LogP contribution in [0.5, 0.6) is 5.75 Å². The van der Waals surface area contributed by atoms with Crippen molar-refractivity contribution in [3.63, 3.8) is 0 Å². The van der Waals surface area contributed by atoms with Gasteiger partial charge in [0.05, 0.1) is 11.1 Å². The quantitative estimate of drug-likeness (QED) is 0.575. The van der Waals surface area contributed by atoms with Crippen LogP contribution < -0.4 is 16.1 Å². The summed E-state index contributed by atoms with van der Waals surface area (Å²) in [6.07, 6.45) is 0.814. The second-order valence-corrected chi connectivity index (χ2v) is 7.78. The maximum Gasteiger partial charge on any atom is 0.341 e. The molecule has 5 rings (SSSR count). The fraction of sp³-hybridized carbons (Fsp3) is 0.250. The predicted molar refractivity (Wildman–Crippen MR) is 103 cm³/mol. The van der Waals surface area contributed by atoms with Crippen LogP contribution in [0.15, 0.2) is 29.2 Å². The molecule has 31 heavy (non-hydrogen) atoms. The highest BCUT2D eigenvalue weighted by atomic mass is 19.1. The van der Waals surface area contributed by atoms with Gasteiger partial charge >= 0.3 is 5.97 Å². The van der Waals surface area contributed by atoms with Gasteiger partial charge in [-0.05, 0) is 17.9 Å². The predicted octanol–water partition coefficient (Wildman–Crippen LogP) is 1.60. The third-order valence-corrected chi connectivity index (χ3v) is 5.98. The summed E-state index contributed by atoms with van der Waals surface area (Å²) in [5.41, 5.74) is 3.45. The van der Waals surface area contributed by atoms with E-state index in [4.69, 9.17) is 5.73 Å². The Morgan fingerprint density at radius 2 is 1.77 bits per heavy atom. The molecule has 0 bridgehead atoms. The van der Waals surface area contributed by atoms with E-state index in [1.807, 2.05) is 0 Å². The largest absolute Gasteiger partial charge is 0.505 e. The SMILES string of the molecule is NC1[C@H]2CN(c3nc4c(cc3F)c(=O)c(C(=O)O)cn4-c3cc(O)c(F)cc3F)C[C@@H]12. The Morgan fingerprint density at radius 1 is 1.10 bits per heavy atom. The number of hydrogen-bond donors (Lipinski definition) is 3. The number of phenols is 1. The van der Waals surface area contributed by atoms with Crippen molar-refractivity contribution in [3.8, 4) is 11.4 Å². The molecule has 2 fully saturated rings. The lowest BCUT2D eigenvalue weighted by Gasteiger charge is -2.22. The number of hydrogen-bond acceptors (Lipinski definition) is 6. The smallest absolute Gasteiger partial charge is 0.341 e. The Hall–Kier alpha value is -3.60. The second-order valence-electron chi connectivity index (χ2n) is 7.78. The number of rotatable bonds is 3. The Labute approximate surface area is 172 Å². The summed E-state index contributed by atoms with van der Waals surface area (Å²) in [5.74, 6) is -5.39. The van der Waals surface area contributed by atoms with Gasteiger partial charge in [-0.1, -0.05) is 0 Å². The molecular weight excluding hydrogens is 417 g/mol. The van der Waals surface area contributed by atoms with E-state index >= 15 is 0 Å². The third kappa shape index (κ3) is 2.84. The van der Waals surface area contributed by atoms with E-state index in [1.54, 1.807) is 4.90 Å². The first-order chi connectivity index (χ1) is 14.7. The summed E-state index contributed by atoms with van der Waals surface area (Å²) in [5, 5.41) is 18.7. The maximum absolute atomic E-state index is 14.9. The van der Waals surface area contributed by atoms with Crippen LogP contribution in [0.4, 0.5) is 19.0 Å². The van der Waals surface area contributed by atoms with Crippen molar-refractivity contribution in [1.29, 1.82) is 0 Å². The van der Waals surface area contributed by atoms with E-state index in [9.17, 15) is 33.0 Å². The Morgan fingerprint density at radius 3 is 2.42 bits per heavy atom. The van der Waals surface area contributed by atoms with Gasteiger partial charge in [-0.3, -0.25) is 9.36 Å². The van der Waals surface area contributed by atoms with Crippen LogP contribution in [0.3, 0.4) is 0 Å². The first kappa shape index (κ1) is 19.4. The number of aromatic hydroxyl groups is 1. The van der Waals surface area contributed by atoms with Gasteiger partial charge in [0.2, 0.25) is 5.43 Å². The number of fused-ring (bicyclic) bond motifs is 2. The number of pyridine rings is 2. The molecule has 1 saturated heterocycles. The standard InChI is InChI=1S/C20H15F3N4O4/c21-11-2-12(22)15(28)3-14(11)27-6-10(20(30)31)17(29)7-1-13(23)19(25-18(7)27)26-4-8-9(5-26)16(8)24/h1-3,6,8-9,16,28H,4-5,24H2,(H,30,31)/t8-,9+,16?. The maximum atomic E-state index is 14.9. The number of nitrogens with zero attached hydrogens (tertiary/aromatic N) is 3. The number of carboxylic acid groups (broad SMARTS) is 1. The molecule has 1 saturated carbocycles. The van der Waals surface area contributed by atoms with Gasteiger partial charge in [0.25, 0.3) is 0 Å². The summed E-state index contributed by atoms with van der Waals surface area (Å²) in [6.45, 7) is 0.925. The Bertz CT molecular complexity index is 1330. The van der Waals surface area contributed by atoms with Crippen molar-refractivity contribution < 1.29 is 28.2 Å². The molecular formula is C20H15F3N4O4. The van der Waals surface area contributed by atoms with Crippen molar-refractivity contribution in [3.05, 3.63) is 57.6 Å². The highest BCUT2D eigenvalue weighted by Gasteiger charge is 2.54. The molecule has 8 nitrogen and oxygen atoms in total. The summed E-state index contributed by atoms with van der Waals surface area (Å²) >= 11 is 0. The average Bonchev–Trinajstić information content (AvgIpc) is 3.11. The molecule has 3 heterocycles. The lowest BCUT2D eigenvalue weighted by Crippen LogP contribution is -2.30. The van der Waals surface area contributed by atoms with Crippen LogP contribution in [-0.2, 0) is 0 Å². The Balaban J connectivity index is 1.78. The molecule has 1 unspecified atom stereocenters. The summed E-state index contributed by atoms with van der Waals surface area (Å²) in [4.78, 5) is 30.0. The number of phenolic OH excluding ortho intramolecular Hbond substituents is 1. The van der Waals surface area contributed by atoms with Gasteiger partial charge < -0.3 is 20.8 Å². The van der Waals surface area contributed by atoms with Crippen LogP contribution in [0, 0.1) is 29.3 Å². The molecule has 0 amide bonds. The topological polar surface area (TPSA) is 122 Å². The zero-order chi connectivity index (χ0) is 22.2. The number of anilines is 1. The molecule has 1 aromatic carbocycles. The number of carboxylic acids is 1. The molecule has 1 aliphatic carbocycles. The van der Waals surface area contributed by atoms with Crippen molar-refractivity contribution in [1.82, 2.24) is 9.55 Å². The molecule has 1 aliphatic heterocycles. The van der Waals surface area contributed by atoms with Gasteiger partial charge in [0, 0.05) is 37.5 Å². The lowest BCUT2D eigenvalue weighted by molar-refractivity contribution is 0.0695. The number of benzene rings is 1. The van der Waals surface area contributed by atoms with Crippen LogP contribution in [0.25, 0.3) is 16.7 Å². The monoisotopic (exact) mass is 432 g/mol. The molecule has 3 aromatic rings. The van der Waals surface area contributed by atoms with Crippen LogP contribution in [0.1, 0.15) is 10.4 Å².